The summed E-state index contributed by atoms with van der Waals surface area (Å²) >= 11 is 0. The first-order valence-electron chi connectivity index (χ1n) is 6.82. The van der Waals surface area contributed by atoms with Gasteiger partial charge in [-0.25, -0.2) is 0 Å². The summed E-state index contributed by atoms with van der Waals surface area (Å²) in [5.74, 6) is 0.398. The van der Waals surface area contributed by atoms with Gasteiger partial charge in [-0.1, -0.05) is 30.3 Å². The van der Waals surface area contributed by atoms with E-state index in [9.17, 15) is 4.79 Å². The molecule has 110 valence electrons. The number of nitrogens with zero attached hydrogens (tertiary/aromatic N) is 1. The number of rotatable bonds is 4. The Labute approximate surface area is 125 Å². The van der Waals surface area contributed by atoms with Crippen LogP contribution in [0, 0.1) is 0 Å². The van der Waals surface area contributed by atoms with Crippen molar-refractivity contribution in [1.29, 1.82) is 0 Å². The van der Waals surface area contributed by atoms with Gasteiger partial charge >= 0.3 is 0 Å². The minimum absolute atomic E-state index is 0.106. The van der Waals surface area contributed by atoms with Crippen LogP contribution in [-0.4, -0.2) is 24.9 Å². The molecule has 21 heavy (non-hydrogen) atoms. The molecule has 0 spiro atoms. The number of benzene rings is 2. The van der Waals surface area contributed by atoms with Crippen molar-refractivity contribution in [1.82, 2.24) is 4.90 Å². The predicted molar refractivity (Wildman–Crippen MR) is 84.4 cm³/mol. The van der Waals surface area contributed by atoms with Crippen LogP contribution in [0.3, 0.4) is 0 Å². The van der Waals surface area contributed by atoms with Gasteiger partial charge in [-0.15, -0.1) is 0 Å². The minimum atomic E-state index is -0.165. The smallest absolute Gasteiger partial charge is 0.257 e. The summed E-state index contributed by atoms with van der Waals surface area (Å²) in [5, 5.41) is 0. The average Bonchev–Trinajstić information content (AvgIpc) is 2.47. The molecule has 0 fully saturated rings. The highest BCUT2D eigenvalue weighted by molar-refractivity contribution is 5.97. The topological polar surface area (TPSA) is 55.6 Å². The zero-order chi connectivity index (χ0) is 15.4. The van der Waals surface area contributed by atoms with Crippen molar-refractivity contribution >= 4 is 11.6 Å². The lowest BCUT2D eigenvalue weighted by molar-refractivity contribution is 0.0820. The highest BCUT2D eigenvalue weighted by Crippen LogP contribution is 2.28. The lowest BCUT2D eigenvalue weighted by Crippen LogP contribution is -2.22. The second-order valence-corrected chi connectivity index (χ2v) is 5.13. The molecule has 4 nitrogen and oxygen atoms in total. The van der Waals surface area contributed by atoms with Crippen LogP contribution >= 0.6 is 0 Å². The molecule has 0 heterocycles. The summed E-state index contributed by atoms with van der Waals surface area (Å²) in [6, 6.07) is 14.9. The fourth-order valence-corrected chi connectivity index (χ4v) is 2.04. The van der Waals surface area contributed by atoms with Crippen LogP contribution in [0.5, 0.6) is 5.75 Å². The maximum atomic E-state index is 12.2. The Kier molecular flexibility index (Phi) is 4.48. The molecule has 0 saturated carbocycles. The molecule has 0 radical (unpaired) electrons. The highest BCUT2D eigenvalue weighted by Gasteiger charge is 2.17. The van der Waals surface area contributed by atoms with E-state index in [2.05, 4.69) is 0 Å². The minimum Gasteiger partial charge on any atom is -0.485 e. The Bertz CT molecular complexity index is 624. The Morgan fingerprint density at radius 2 is 1.81 bits per heavy atom. The van der Waals surface area contributed by atoms with Crippen LogP contribution in [0.2, 0.25) is 0 Å². The SMILES string of the molecule is CC(Oc1cc(N)ccc1C(=O)N(C)C)c1ccccc1. The van der Waals surface area contributed by atoms with Gasteiger partial charge in [-0.2, -0.15) is 0 Å². The van der Waals surface area contributed by atoms with Crippen molar-refractivity contribution in [2.24, 2.45) is 0 Å². The van der Waals surface area contributed by atoms with Crippen LogP contribution in [-0.2, 0) is 0 Å². The van der Waals surface area contributed by atoms with E-state index < -0.39 is 0 Å². The molecule has 0 aliphatic rings. The zero-order valence-electron chi connectivity index (χ0n) is 12.5. The van der Waals surface area contributed by atoms with E-state index in [-0.39, 0.29) is 12.0 Å². The molecular weight excluding hydrogens is 264 g/mol. The molecular formula is C17H20N2O2. The normalized spacial score (nSPS) is 11.8. The number of anilines is 1. The number of carbonyl (C=O) groups is 1. The van der Waals surface area contributed by atoms with E-state index in [1.54, 1.807) is 32.3 Å². The second kappa shape index (κ2) is 6.31. The van der Waals surface area contributed by atoms with Gasteiger partial charge in [-0.05, 0) is 24.6 Å². The van der Waals surface area contributed by atoms with Gasteiger partial charge in [0.2, 0.25) is 0 Å². The van der Waals surface area contributed by atoms with Gasteiger partial charge in [0.1, 0.15) is 11.9 Å². The number of carbonyl (C=O) groups excluding carboxylic acids is 1. The maximum absolute atomic E-state index is 12.2. The van der Waals surface area contributed by atoms with Crippen molar-refractivity contribution in [2.45, 2.75) is 13.0 Å². The molecule has 1 unspecified atom stereocenters. The van der Waals surface area contributed by atoms with Gasteiger partial charge in [-0.3, -0.25) is 4.79 Å². The quantitative estimate of drug-likeness (QED) is 0.878. The molecule has 0 aromatic heterocycles. The lowest BCUT2D eigenvalue weighted by Gasteiger charge is -2.19. The van der Waals surface area contributed by atoms with Crippen molar-refractivity contribution in [3.8, 4) is 5.75 Å². The summed E-state index contributed by atoms with van der Waals surface area (Å²) in [6.45, 7) is 1.95. The summed E-state index contributed by atoms with van der Waals surface area (Å²) in [7, 11) is 3.42. The predicted octanol–water partition coefficient (Wildman–Crippen LogP) is 3.11. The van der Waals surface area contributed by atoms with Crippen LogP contribution < -0.4 is 10.5 Å². The highest BCUT2D eigenvalue weighted by atomic mass is 16.5. The van der Waals surface area contributed by atoms with Crippen LogP contribution in [0.15, 0.2) is 48.5 Å². The number of nitrogen functional groups attached to an aromatic ring is 1. The van der Waals surface area contributed by atoms with E-state index in [0.717, 1.165) is 5.56 Å². The summed E-state index contributed by atoms with van der Waals surface area (Å²) < 4.78 is 5.96. The van der Waals surface area contributed by atoms with E-state index in [0.29, 0.717) is 17.0 Å². The Hall–Kier alpha value is -2.49. The molecule has 0 bridgehead atoms. The Morgan fingerprint density at radius 1 is 1.14 bits per heavy atom. The molecule has 0 aliphatic carbocycles. The van der Waals surface area contributed by atoms with Crippen molar-refractivity contribution < 1.29 is 9.53 Å². The molecule has 2 aromatic rings. The molecule has 2 aromatic carbocycles. The van der Waals surface area contributed by atoms with Gasteiger partial charge < -0.3 is 15.4 Å². The van der Waals surface area contributed by atoms with Crippen molar-refractivity contribution in [3.05, 3.63) is 59.7 Å². The van der Waals surface area contributed by atoms with Crippen LogP contribution in [0.1, 0.15) is 28.9 Å². The number of hydrogen-bond donors (Lipinski definition) is 1. The van der Waals surface area contributed by atoms with Crippen LogP contribution in [0.4, 0.5) is 5.69 Å². The second-order valence-electron chi connectivity index (χ2n) is 5.13. The van der Waals surface area contributed by atoms with E-state index in [4.69, 9.17) is 10.5 Å². The van der Waals surface area contributed by atoms with Crippen LogP contribution in [0.25, 0.3) is 0 Å². The monoisotopic (exact) mass is 284 g/mol. The van der Waals surface area contributed by atoms with Gasteiger partial charge in [0.05, 0.1) is 5.56 Å². The van der Waals surface area contributed by atoms with Gasteiger partial charge in [0.15, 0.2) is 0 Å². The summed E-state index contributed by atoms with van der Waals surface area (Å²) in [5.41, 5.74) is 7.94. The number of nitrogens with two attached hydrogens (primary N) is 1. The standard InChI is InChI=1S/C17H20N2O2/c1-12(13-7-5-4-6-8-13)21-16-11-14(18)9-10-15(16)17(20)19(2)3/h4-12H,18H2,1-3H3. The molecule has 4 heteroatoms. The first kappa shape index (κ1) is 14.9. The van der Waals surface area contributed by atoms with E-state index in [1.807, 2.05) is 37.3 Å². The first-order chi connectivity index (χ1) is 9.99. The third-order valence-corrected chi connectivity index (χ3v) is 3.21. The van der Waals surface area contributed by atoms with E-state index in [1.165, 1.54) is 4.90 Å². The van der Waals surface area contributed by atoms with Crippen molar-refractivity contribution in [3.63, 3.8) is 0 Å². The van der Waals surface area contributed by atoms with Crippen molar-refractivity contribution in [2.75, 3.05) is 19.8 Å². The van der Waals surface area contributed by atoms with E-state index >= 15 is 0 Å². The molecule has 0 aliphatic heterocycles. The number of ether oxygens (including phenoxy) is 1. The molecule has 0 saturated heterocycles. The molecule has 2 N–H and O–H groups in total. The lowest BCUT2D eigenvalue weighted by atomic mass is 10.1. The number of hydrogen-bond acceptors (Lipinski definition) is 3. The summed E-state index contributed by atoms with van der Waals surface area (Å²) in [6.07, 6.45) is -0.165. The van der Waals surface area contributed by atoms with Gasteiger partial charge in [0.25, 0.3) is 5.91 Å². The third kappa shape index (κ3) is 3.54. The largest absolute Gasteiger partial charge is 0.485 e. The zero-order valence-corrected chi connectivity index (χ0v) is 12.5. The maximum Gasteiger partial charge on any atom is 0.257 e. The first-order valence-corrected chi connectivity index (χ1v) is 6.82. The number of amides is 1. The Balaban J connectivity index is 2.30. The Morgan fingerprint density at radius 3 is 2.43 bits per heavy atom. The molecule has 1 atom stereocenters. The fraction of sp³-hybridized carbons (Fsp3) is 0.235. The average molecular weight is 284 g/mol. The summed E-state index contributed by atoms with van der Waals surface area (Å²) in [4.78, 5) is 13.7. The third-order valence-electron chi connectivity index (χ3n) is 3.21. The fourth-order valence-electron chi connectivity index (χ4n) is 2.04. The molecule has 1 amide bonds. The molecule has 2 rings (SSSR count). The van der Waals surface area contributed by atoms with Gasteiger partial charge in [0, 0.05) is 25.8 Å².